The number of allylic oxidation sites excluding steroid dienone is 2. The van der Waals surface area contributed by atoms with Crippen LogP contribution in [0.3, 0.4) is 0 Å². The van der Waals surface area contributed by atoms with Crippen LogP contribution in [0.1, 0.15) is 42.7 Å². The van der Waals surface area contributed by atoms with Crippen molar-refractivity contribution in [3.63, 3.8) is 0 Å². The number of fused-ring (bicyclic) bond motifs is 3. The van der Waals surface area contributed by atoms with Crippen LogP contribution in [-0.2, 0) is 6.42 Å². The van der Waals surface area contributed by atoms with E-state index in [2.05, 4.69) is 25.3 Å². The van der Waals surface area contributed by atoms with E-state index in [9.17, 15) is 5.11 Å². The fourth-order valence-corrected chi connectivity index (χ4v) is 3.76. The lowest BCUT2D eigenvalue weighted by Gasteiger charge is -2.47. The number of benzene rings is 1. The van der Waals surface area contributed by atoms with Gasteiger partial charge in [-0.15, -0.1) is 6.58 Å². The van der Waals surface area contributed by atoms with Gasteiger partial charge in [-0.05, 0) is 66.7 Å². The second-order valence-electron chi connectivity index (χ2n) is 5.83. The van der Waals surface area contributed by atoms with E-state index in [1.165, 1.54) is 23.1 Å². The molecule has 2 atom stereocenters. The Bertz CT molecular complexity index is 514. The average Bonchev–Trinajstić information content (AvgIpc) is 2.38. The molecule has 2 aliphatic carbocycles. The van der Waals surface area contributed by atoms with Gasteiger partial charge in [0.1, 0.15) is 5.75 Å². The maximum atomic E-state index is 9.62. The molecule has 0 amide bonds. The summed E-state index contributed by atoms with van der Waals surface area (Å²) in [6.07, 6.45) is 7.78. The van der Waals surface area contributed by atoms with Gasteiger partial charge in [0.15, 0.2) is 0 Å². The smallest absolute Gasteiger partial charge is 0.115 e. The molecular formula is C17H20O. The third kappa shape index (κ3) is 1.61. The van der Waals surface area contributed by atoms with E-state index < -0.39 is 0 Å². The Morgan fingerprint density at radius 1 is 1.28 bits per heavy atom. The van der Waals surface area contributed by atoms with Crippen LogP contribution in [0.4, 0.5) is 0 Å². The van der Waals surface area contributed by atoms with Crippen molar-refractivity contribution in [1.82, 2.24) is 0 Å². The molecule has 3 rings (SSSR count). The summed E-state index contributed by atoms with van der Waals surface area (Å²) in [5.41, 5.74) is 4.33. The molecule has 0 aliphatic heterocycles. The third-order valence-corrected chi connectivity index (χ3v) is 4.90. The number of hydrogen-bond donors (Lipinski definition) is 1. The lowest BCUT2D eigenvalue weighted by Crippen LogP contribution is -2.35. The van der Waals surface area contributed by atoms with Crippen LogP contribution in [0.2, 0.25) is 0 Å². The fraction of sp³-hybridized carbons (Fsp3) is 0.412. The number of phenols is 1. The summed E-state index contributed by atoms with van der Waals surface area (Å²) < 4.78 is 0. The van der Waals surface area contributed by atoms with Crippen molar-refractivity contribution >= 4 is 0 Å². The normalized spacial score (nSPS) is 30.4. The van der Waals surface area contributed by atoms with Gasteiger partial charge in [-0.25, -0.2) is 0 Å². The van der Waals surface area contributed by atoms with Gasteiger partial charge in [0.25, 0.3) is 0 Å². The first kappa shape index (κ1) is 11.6. The zero-order valence-electron chi connectivity index (χ0n) is 10.8. The minimum Gasteiger partial charge on any atom is -0.508 e. The molecule has 0 saturated heterocycles. The van der Waals surface area contributed by atoms with Gasteiger partial charge in [-0.1, -0.05) is 24.3 Å². The quantitative estimate of drug-likeness (QED) is 0.724. The Kier molecular flexibility index (Phi) is 2.58. The molecule has 1 N–H and O–H groups in total. The van der Waals surface area contributed by atoms with Gasteiger partial charge >= 0.3 is 0 Å². The predicted octanol–water partition coefficient (Wildman–Crippen LogP) is 4.33. The van der Waals surface area contributed by atoms with E-state index in [4.69, 9.17) is 0 Å². The summed E-state index contributed by atoms with van der Waals surface area (Å²) in [4.78, 5) is 0. The Balaban J connectivity index is 2.09. The van der Waals surface area contributed by atoms with Crippen molar-refractivity contribution < 1.29 is 5.11 Å². The van der Waals surface area contributed by atoms with Gasteiger partial charge < -0.3 is 5.11 Å². The Hall–Kier alpha value is -1.50. The van der Waals surface area contributed by atoms with Gasteiger partial charge in [0, 0.05) is 0 Å². The minimum absolute atomic E-state index is 0.255. The van der Waals surface area contributed by atoms with Gasteiger partial charge in [0.05, 0.1) is 0 Å². The second-order valence-corrected chi connectivity index (χ2v) is 5.83. The lowest BCUT2D eigenvalue weighted by molar-refractivity contribution is 0.213. The molecule has 0 spiro atoms. The van der Waals surface area contributed by atoms with Crippen molar-refractivity contribution in [3.8, 4) is 5.75 Å². The lowest BCUT2D eigenvalue weighted by atomic mass is 9.57. The van der Waals surface area contributed by atoms with Crippen LogP contribution in [0.15, 0.2) is 43.0 Å². The predicted molar refractivity (Wildman–Crippen MR) is 74.8 cm³/mol. The molecule has 1 nitrogen and oxygen atoms in total. The zero-order chi connectivity index (χ0) is 12.8. The van der Waals surface area contributed by atoms with Crippen molar-refractivity contribution in [3.05, 3.63) is 54.1 Å². The molecule has 1 aromatic carbocycles. The van der Waals surface area contributed by atoms with E-state index in [0.29, 0.717) is 11.7 Å². The monoisotopic (exact) mass is 240 g/mol. The van der Waals surface area contributed by atoms with E-state index >= 15 is 0 Å². The second kappa shape index (κ2) is 4.01. The molecule has 1 saturated carbocycles. The molecular weight excluding hydrogens is 220 g/mol. The maximum absolute atomic E-state index is 9.62. The highest BCUT2D eigenvalue weighted by molar-refractivity contribution is 5.42. The Morgan fingerprint density at radius 2 is 2.06 bits per heavy atom. The average molecular weight is 240 g/mol. The molecule has 0 bridgehead atoms. The summed E-state index contributed by atoms with van der Waals surface area (Å²) in [7, 11) is 0. The topological polar surface area (TPSA) is 20.2 Å². The van der Waals surface area contributed by atoms with E-state index in [1.807, 2.05) is 12.1 Å². The molecule has 18 heavy (non-hydrogen) atoms. The summed E-state index contributed by atoms with van der Waals surface area (Å²) in [5, 5.41) is 9.62. The molecule has 0 radical (unpaired) electrons. The number of rotatable bonds is 1. The molecule has 1 heteroatoms. The summed E-state index contributed by atoms with van der Waals surface area (Å²) >= 11 is 0. The van der Waals surface area contributed by atoms with Crippen LogP contribution < -0.4 is 0 Å². The van der Waals surface area contributed by atoms with Gasteiger partial charge in [-0.3, -0.25) is 0 Å². The summed E-state index contributed by atoms with van der Waals surface area (Å²) in [5.74, 6) is 0.898. The highest BCUT2D eigenvalue weighted by atomic mass is 16.3. The molecule has 1 fully saturated rings. The molecule has 2 aliphatic rings. The first-order valence-electron chi connectivity index (χ1n) is 6.77. The van der Waals surface area contributed by atoms with Gasteiger partial charge in [-0.2, -0.15) is 0 Å². The first-order valence-corrected chi connectivity index (χ1v) is 6.77. The summed E-state index contributed by atoms with van der Waals surface area (Å²) in [6, 6.07) is 5.85. The number of phenolic OH excluding ortho intramolecular Hbond substituents is 1. The Labute approximate surface area is 109 Å². The van der Waals surface area contributed by atoms with Crippen molar-refractivity contribution in [1.29, 1.82) is 0 Å². The van der Waals surface area contributed by atoms with Crippen LogP contribution in [0.5, 0.6) is 5.75 Å². The maximum Gasteiger partial charge on any atom is 0.115 e. The summed E-state index contributed by atoms with van der Waals surface area (Å²) in [6.45, 7) is 8.27. The first-order chi connectivity index (χ1) is 8.64. The van der Waals surface area contributed by atoms with Crippen LogP contribution in [-0.4, -0.2) is 5.11 Å². The minimum atomic E-state index is 0.255. The van der Waals surface area contributed by atoms with E-state index in [0.717, 1.165) is 25.7 Å². The highest BCUT2D eigenvalue weighted by Crippen LogP contribution is 2.55. The van der Waals surface area contributed by atoms with E-state index in [-0.39, 0.29) is 5.41 Å². The molecule has 0 unspecified atom stereocenters. The zero-order valence-corrected chi connectivity index (χ0v) is 10.8. The number of aryl methyl sites for hydroxylation is 1. The van der Waals surface area contributed by atoms with Crippen LogP contribution in [0, 0.1) is 5.41 Å². The SMILES string of the molecule is C=C[C@]12CCC(=C)C[C@@H]1c1ccc(O)cc1CC2. The van der Waals surface area contributed by atoms with Crippen molar-refractivity contribution in [2.24, 2.45) is 5.41 Å². The highest BCUT2D eigenvalue weighted by Gasteiger charge is 2.43. The molecule has 0 aromatic heterocycles. The molecule has 0 heterocycles. The fourth-order valence-electron chi connectivity index (χ4n) is 3.76. The van der Waals surface area contributed by atoms with Crippen LogP contribution >= 0.6 is 0 Å². The number of aromatic hydroxyl groups is 1. The van der Waals surface area contributed by atoms with Gasteiger partial charge in [0.2, 0.25) is 0 Å². The van der Waals surface area contributed by atoms with Crippen molar-refractivity contribution in [2.45, 2.75) is 38.0 Å². The standard InChI is InChI=1S/C17H20O/c1-3-17-8-6-12(2)10-16(17)15-5-4-14(18)11-13(15)7-9-17/h3-5,11,16,18H,1-2,6-10H2/t16-,17-/m1/s1. The number of hydrogen-bond acceptors (Lipinski definition) is 1. The Morgan fingerprint density at radius 3 is 2.83 bits per heavy atom. The van der Waals surface area contributed by atoms with Crippen molar-refractivity contribution in [2.75, 3.05) is 0 Å². The van der Waals surface area contributed by atoms with Crippen LogP contribution in [0.25, 0.3) is 0 Å². The largest absolute Gasteiger partial charge is 0.508 e. The molecule has 1 aromatic rings. The molecule has 94 valence electrons. The third-order valence-electron chi connectivity index (χ3n) is 4.90. The van der Waals surface area contributed by atoms with E-state index in [1.54, 1.807) is 0 Å².